The zero-order valence-corrected chi connectivity index (χ0v) is 12.4. The highest BCUT2D eigenvalue weighted by atomic mass is 79.9. The Labute approximate surface area is 120 Å². The number of benzene rings is 1. The van der Waals surface area contributed by atoms with Gasteiger partial charge in [0.05, 0.1) is 17.0 Å². The molecule has 1 aromatic heterocycles. The standard InChI is InChI=1S/C12H8BrClF2OS/c1-17-6-2-11(18-5-6)12(14)7-3-10(16)8(13)4-9(7)15/h2-5,12H,1H3. The molecule has 1 nitrogen and oxygen atoms in total. The van der Waals surface area contributed by atoms with E-state index >= 15 is 0 Å². The third kappa shape index (κ3) is 2.68. The van der Waals surface area contributed by atoms with Crippen LogP contribution >= 0.6 is 38.9 Å². The maximum Gasteiger partial charge on any atom is 0.137 e. The van der Waals surface area contributed by atoms with Crippen LogP contribution < -0.4 is 4.74 Å². The third-order valence-electron chi connectivity index (χ3n) is 2.39. The van der Waals surface area contributed by atoms with Gasteiger partial charge in [-0.15, -0.1) is 22.9 Å². The van der Waals surface area contributed by atoms with E-state index in [1.165, 1.54) is 18.4 Å². The second kappa shape index (κ2) is 5.55. The van der Waals surface area contributed by atoms with Crippen molar-refractivity contribution >= 4 is 38.9 Å². The van der Waals surface area contributed by atoms with E-state index in [1.54, 1.807) is 11.4 Å². The Morgan fingerprint density at radius 2 is 2.00 bits per heavy atom. The minimum Gasteiger partial charge on any atom is -0.496 e. The Kier molecular flexibility index (Phi) is 4.25. The van der Waals surface area contributed by atoms with Crippen LogP contribution in [-0.4, -0.2) is 7.11 Å². The van der Waals surface area contributed by atoms with Crippen LogP contribution in [0.2, 0.25) is 0 Å². The lowest BCUT2D eigenvalue weighted by Gasteiger charge is -2.09. The molecule has 0 bridgehead atoms. The fourth-order valence-electron chi connectivity index (χ4n) is 1.46. The van der Waals surface area contributed by atoms with Crippen LogP contribution in [-0.2, 0) is 0 Å². The quantitative estimate of drug-likeness (QED) is 0.549. The molecule has 1 heterocycles. The molecule has 2 aromatic rings. The fourth-order valence-corrected chi connectivity index (χ4v) is 3.01. The van der Waals surface area contributed by atoms with E-state index < -0.39 is 17.0 Å². The zero-order valence-electron chi connectivity index (χ0n) is 9.22. The Morgan fingerprint density at radius 3 is 2.61 bits per heavy atom. The van der Waals surface area contributed by atoms with Crippen molar-refractivity contribution in [3.05, 3.63) is 50.1 Å². The van der Waals surface area contributed by atoms with Gasteiger partial charge in [-0.3, -0.25) is 0 Å². The molecule has 1 aromatic carbocycles. The summed E-state index contributed by atoms with van der Waals surface area (Å²) >= 11 is 10.4. The van der Waals surface area contributed by atoms with Crippen molar-refractivity contribution in [3.63, 3.8) is 0 Å². The summed E-state index contributed by atoms with van der Waals surface area (Å²) in [5.74, 6) is -0.435. The van der Waals surface area contributed by atoms with Gasteiger partial charge in [0.15, 0.2) is 0 Å². The summed E-state index contributed by atoms with van der Waals surface area (Å²) in [6.07, 6.45) is 0. The van der Waals surface area contributed by atoms with Crippen molar-refractivity contribution in [1.29, 1.82) is 0 Å². The number of thiophene rings is 1. The monoisotopic (exact) mass is 352 g/mol. The smallest absolute Gasteiger partial charge is 0.137 e. The lowest BCUT2D eigenvalue weighted by molar-refractivity contribution is 0.416. The Morgan fingerprint density at radius 1 is 1.28 bits per heavy atom. The maximum atomic E-state index is 13.7. The first-order valence-corrected chi connectivity index (χ1v) is 7.04. The van der Waals surface area contributed by atoms with E-state index in [0.717, 1.165) is 12.1 Å². The molecule has 0 saturated heterocycles. The molecule has 6 heteroatoms. The molecule has 0 saturated carbocycles. The van der Waals surface area contributed by atoms with E-state index in [4.69, 9.17) is 16.3 Å². The number of hydrogen-bond acceptors (Lipinski definition) is 2. The lowest BCUT2D eigenvalue weighted by atomic mass is 10.1. The fraction of sp³-hybridized carbons (Fsp3) is 0.167. The summed E-state index contributed by atoms with van der Waals surface area (Å²) in [4.78, 5) is 0.703. The van der Waals surface area contributed by atoms with E-state index in [9.17, 15) is 8.78 Å². The maximum absolute atomic E-state index is 13.7. The molecule has 18 heavy (non-hydrogen) atoms. The van der Waals surface area contributed by atoms with Crippen LogP contribution in [0.4, 0.5) is 8.78 Å². The largest absolute Gasteiger partial charge is 0.496 e. The van der Waals surface area contributed by atoms with Crippen molar-refractivity contribution in [3.8, 4) is 5.75 Å². The van der Waals surface area contributed by atoms with Gasteiger partial charge in [0.25, 0.3) is 0 Å². The number of methoxy groups -OCH3 is 1. The van der Waals surface area contributed by atoms with E-state index in [2.05, 4.69) is 15.9 Å². The summed E-state index contributed by atoms with van der Waals surface area (Å²) in [6.45, 7) is 0. The number of rotatable bonds is 3. The van der Waals surface area contributed by atoms with Crippen molar-refractivity contribution in [2.45, 2.75) is 5.38 Å². The van der Waals surface area contributed by atoms with Crippen LogP contribution in [0.3, 0.4) is 0 Å². The highest BCUT2D eigenvalue weighted by Gasteiger charge is 2.19. The summed E-state index contributed by atoms with van der Waals surface area (Å²) in [6, 6.07) is 3.88. The molecular formula is C12H8BrClF2OS. The molecule has 1 unspecified atom stereocenters. The molecule has 96 valence electrons. The minimum absolute atomic E-state index is 0.0800. The highest BCUT2D eigenvalue weighted by molar-refractivity contribution is 9.10. The highest BCUT2D eigenvalue weighted by Crippen LogP contribution is 2.37. The average Bonchev–Trinajstić information content (AvgIpc) is 2.81. The van der Waals surface area contributed by atoms with Gasteiger partial charge >= 0.3 is 0 Å². The molecule has 0 radical (unpaired) electrons. The first kappa shape index (κ1) is 13.8. The third-order valence-corrected chi connectivity index (χ3v) is 4.58. The van der Waals surface area contributed by atoms with Gasteiger partial charge in [0.2, 0.25) is 0 Å². The van der Waals surface area contributed by atoms with Gasteiger partial charge in [-0.05, 0) is 34.1 Å². The van der Waals surface area contributed by atoms with Gasteiger partial charge in [0.1, 0.15) is 17.4 Å². The van der Waals surface area contributed by atoms with Crippen LogP contribution in [0.15, 0.2) is 28.1 Å². The summed E-state index contributed by atoms with van der Waals surface area (Å²) in [7, 11) is 1.54. The molecule has 0 amide bonds. The van der Waals surface area contributed by atoms with Gasteiger partial charge in [-0.1, -0.05) is 0 Å². The molecule has 0 fully saturated rings. The molecule has 0 aliphatic carbocycles. The number of ether oxygens (including phenoxy) is 1. The average molecular weight is 354 g/mol. The van der Waals surface area contributed by atoms with Crippen molar-refractivity contribution < 1.29 is 13.5 Å². The van der Waals surface area contributed by atoms with Crippen LogP contribution in [0.25, 0.3) is 0 Å². The molecule has 0 aliphatic heterocycles. The van der Waals surface area contributed by atoms with Crippen molar-refractivity contribution in [2.75, 3.05) is 7.11 Å². The summed E-state index contributed by atoms with van der Waals surface area (Å²) in [5.41, 5.74) is 0.113. The van der Waals surface area contributed by atoms with Gasteiger partial charge in [0, 0.05) is 15.8 Å². The predicted molar refractivity (Wildman–Crippen MR) is 72.6 cm³/mol. The predicted octanol–water partition coefficient (Wildman–Crippen LogP) is 5.13. The second-order valence-electron chi connectivity index (χ2n) is 3.54. The molecule has 2 rings (SSSR count). The normalized spacial score (nSPS) is 12.5. The van der Waals surface area contributed by atoms with Gasteiger partial charge < -0.3 is 4.74 Å². The summed E-state index contributed by atoms with van der Waals surface area (Å²) < 4.78 is 32.3. The van der Waals surface area contributed by atoms with Crippen molar-refractivity contribution in [2.24, 2.45) is 0 Å². The molecule has 0 N–H and O–H groups in total. The van der Waals surface area contributed by atoms with Crippen LogP contribution in [0, 0.1) is 11.6 Å². The summed E-state index contributed by atoms with van der Waals surface area (Å²) in [5, 5.41) is 1.03. The van der Waals surface area contributed by atoms with E-state index in [1.807, 2.05) is 0 Å². The number of hydrogen-bond donors (Lipinski definition) is 0. The van der Waals surface area contributed by atoms with Crippen LogP contribution in [0.1, 0.15) is 15.8 Å². The topological polar surface area (TPSA) is 9.23 Å². The first-order valence-electron chi connectivity index (χ1n) is 4.94. The van der Waals surface area contributed by atoms with E-state index in [-0.39, 0.29) is 10.0 Å². The van der Waals surface area contributed by atoms with Crippen molar-refractivity contribution in [1.82, 2.24) is 0 Å². The van der Waals surface area contributed by atoms with Crippen LogP contribution in [0.5, 0.6) is 5.75 Å². The Balaban J connectivity index is 2.39. The molecule has 1 atom stereocenters. The first-order chi connectivity index (χ1) is 8.52. The van der Waals surface area contributed by atoms with E-state index in [0.29, 0.717) is 10.6 Å². The lowest BCUT2D eigenvalue weighted by Crippen LogP contribution is -1.97. The Bertz CT molecular complexity index is 573. The number of halogens is 4. The molecule has 0 aliphatic rings. The number of alkyl halides is 1. The second-order valence-corrected chi connectivity index (χ2v) is 5.77. The molecule has 0 spiro atoms. The van der Waals surface area contributed by atoms with Gasteiger partial charge in [-0.2, -0.15) is 0 Å². The molecular weight excluding hydrogens is 346 g/mol. The Hall–Kier alpha value is -0.650. The zero-order chi connectivity index (χ0) is 13.3. The minimum atomic E-state index is -0.735. The SMILES string of the molecule is COc1csc(C(Cl)c2cc(F)c(Br)cc2F)c1. The van der Waals surface area contributed by atoms with Gasteiger partial charge in [-0.25, -0.2) is 8.78 Å².